The molecule has 0 spiro atoms. The molecule has 0 aromatic heterocycles. The summed E-state index contributed by atoms with van der Waals surface area (Å²) >= 11 is 0. The number of nitrogens with zero attached hydrogens (tertiary/aromatic N) is 1. The van der Waals surface area contributed by atoms with E-state index in [4.69, 9.17) is 9.84 Å². The molecule has 0 saturated heterocycles. The molecule has 0 heterocycles. The van der Waals surface area contributed by atoms with Gasteiger partial charge in [-0.1, -0.05) is 12.1 Å². The van der Waals surface area contributed by atoms with Gasteiger partial charge in [-0.15, -0.1) is 0 Å². The van der Waals surface area contributed by atoms with E-state index in [0.29, 0.717) is 17.0 Å². The van der Waals surface area contributed by atoms with Crippen LogP contribution in [-0.4, -0.2) is 29.2 Å². The first-order chi connectivity index (χ1) is 11.0. The first kappa shape index (κ1) is 16.4. The summed E-state index contributed by atoms with van der Waals surface area (Å²) in [5.74, 6) is -0.535. The normalized spacial score (nSPS) is 12.1. The van der Waals surface area contributed by atoms with Gasteiger partial charge in [0, 0.05) is 11.8 Å². The lowest BCUT2D eigenvalue weighted by molar-refractivity contribution is -0.144. The van der Waals surface area contributed by atoms with Gasteiger partial charge in [-0.25, -0.2) is 4.79 Å². The van der Waals surface area contributed by atoms with Crippen LogP contribution in [0.4, 0.5) is 5.69 Å². The number of ketones is 1. The second kappa shape index (κ2) is 7.35. The van der Waals surface area contributed by atoms with E-state index in [0.717, 1.165) is 5.56 Å². The Labute approximate surface area is 134 Å². The zero-order chi connectivity index (χ0) is 16.8. The van der Waals surface area contributed by atoms with Crippen molar-refractivity contribution in [3.05, 3.63) is 59.7 Å². The summed E-state index contributed by atoms with van der Waals surface area (Å²) in [6.45, 7) is 2.99. The summed E-state index contributed by atoms with van der Waals surface area (Å²) in [5.41, 5.74) is 2.15. The number of aliphatic carboxylic acids is 1. The molecule has 2 rings (SSSR count). The molecule has 1 atom stereocenters. The van der Waals surface area contributed by atoms with Crippen LogP contribution in [-0.2, 0) is 4.79 Å². The minimum atomic E-state index is -1.01. The molecule has 1 N–H and O–H groups in total. The van der Waals surface area contributed by atoms with Crippen molar-refractivity contribution in [3.8, 4) is 5.75 Å². The number of carboxylic acid groups (broad SMARTS) is 1. The van der Waals surface area contributed by atoms with Crippen molar-refractivity contribution < 1.29 is 19.4 Å². The average Bonchev–Trinajstić information content (AvgIpc) is 2.54. The summed E-state index contributed by atoms with van der Waals surface area (Å²) in [6.07, 6.45) is 0.771. The van der Waals surface area contributed by atoms with Crippen LogP contribution in [0.25, 0.3) is 0 Å². The molecule has 0 unspecified atom stereocenters. The molecule has 23 heavy (non-hydrogen) atoms. The van der Waals surface area contributed by atoms with Crippen LogP contribution in [0.1, 0.15) is 29.8 Å². The fraction of sp³-hybridized carbons (Fsp3) is 0.167. The Kier molecular flexibility index (Phi) is 5.25. The lowest BCUT2D eigenvalue weighted by atomic mass is 10.1. The zero-order valence-electron chi connectivity index (χ0n) is 12.9. The maximum Gasteiger partial charge on any atom is 0.344 e. The Bertz CT molecular complexity index is 735. The molecule has 5 heteroatoms. The van der Waals surface area contributed by atoms with Crippen molar-refractivity contribution in [2.75, 3.05) is 0 Å². The first-order valence-corrected chi connectivity index (χ1v) is 7.10. The number of carbonyl (C=O) groups excluding carboxylic acids is 1. The highest BCUT2D eigenvalue weighted by atomic mass is 16.5. The number of ether oxygens (including phenoxy) is 1. The monoisotopic (exact) mass is 311 g/mol. The molecule has 0 aliphatic rings. The van der Waals surface area contributed by atoms with E-state index in [1.54, 1.807) is 48.7 Å². The SMILES string of the molecule is CC(=O)c1cccc(N=Cc2ccc(O[C@H](C)C(=O)O)cc2)c1. The minimum Gasteiger partial charge on any atom is -0.479 e. The number of benzene rings is 2. The van der Waals surface area contributed by atoms with Crippen LogP contribution < -0.4 is 4.74 Å². The van der Waals surface area contributed by atoms with Gasteiger partial charge in [-0.05, 0) is 55.8 Å². The number of aliphatic imine (C=N–C) groups is 1. The van der Waals surface area contributed by atoms with Gasteiger partial charge in [-0.2, -0.15) is 0 Å². The van der Waals surface area contributed by atoms with Gasteiger partial charge in [0.25, 0.3) is 0 Å². The molecule has 5 nitrogen and oxygen atoms in total. The minimum absolute atomic E-state index is 0.00361. The predicted octanol–water partition coefficient (Wildman–Crippen LogP) is 3.49. The second-order valence-corrected chi connectivity index (χ2v) is 5.03. The number of carbonyl (C=O) groups is 2. The molecule has 2 aromatic rings. The summed E-state index contributed by atoms with van der Waals surface area (Å²) in [6, 6.07) is 14.0. The molecular formula is C18H17NO4. The number of hydrogen-bond donors (Lipinski definition) is 1. The van der Waals surface area contributed by atoms with Crippen LogP contribution in [0.15, 0.2) is 53.5 Å². The lowest BCUT2D eigenvalue weighted by Crippen LogP contribution is -2.22. The number of carboxylic acids is 1. The van der Waals surface area contributed by atoms with Gasteiger partial charge >= 0.3 is 5.97 Å². The fourth-order valence-corrected chi connectivity index (χ4v) is 1.84. The van der Waals surface area contributed by atoms with Crippen molar-refractivity contribution in [3.63, 3.8) is 0 Å². The molecule has 118 valence electrons. The maximum absolute atomic E-state index is 11.3. The van der Waals surface area contributed by atoms with E-state index in [1.165, 1.54) is 13.8 Å². The van der Waals surface area contributed by atoms with Crippen LogP contribution in [0.3, 0.4) is 0 Å². The van der Waals surface area contributed by atoms with Gasteiger partial charge in [-0.3, -0.25) is 9.79 Å². The standard InChI is InChI=1S/C18H17NO4/c1-12(20)15-4-3-5-16(10-15)19-11-14-6-8-17(9-7-14)23-13(2)18(21)22/h3-11,13H,1-2H3,(H,21,22)/t13-/m1/s1. The van der Waals surface area contributed by atoms with E-state index < -0.39 is 12.1 Å². The third kappa shape index (κ3) is 4.78. The summed E-state index contributed by atoms with van der Waals surface area (Å²) in [4.78, 5) is 26.4. The van der Waals surface area contributed by atoms with Crippen molar-refractivity contribution in [2.45, 2.75) is 20.0 Å². The van der Waals surface area contributed by atoms with Gasteiger partial charge < -0.3 is 9.84 Å². The van der Waals surface area contributed by atoms with Crippen molar-refractivity contribution in [1.82, 2.24) is 0 Å². The third-order valence-electron chi connectivity index (χ3n) is 3.16. The first-order valence-electron chi connectivity index (χ1n) is 7.10. The zero-order valence-corrected chi connectivity index (χ0v) is 12.9. The van der Waals surface area contributed by atoms with E-state index in [1.807, 2.05) is 6.07 Å². The van der Waals surface area contributed by atoms with Gasteiger partial charge in [0.05, 0.1) is 5.69 Å². The highest BCUT2D eigenvalue weighted by molar-refractivity contribution is 5.95. The molecule has 0 fully saturated rings. The predicted molar refractivity (Wildman–Crippen MR) is 87.9 cm³/mol. The molecule has 2 aromatic carbocycles. The molecule has 0 aliphatic carbocycles. The smallest absolute Gasteiger partial charge is 0.344 e. The Morgan fingerprint density at radius 2 is 1.87 bits per heavy atom. The van der Waals surface area contributed by atoms with Gasteiger partial charge in [0.1, 0.15) is 5.75 Å². The second-order valence-electron chi connectivity index (χ2n) is 5.03. The topological polar surface area (TPSA) is 76.0 Å². The quantitative estimate of drug-likeness (QED) is 0.654. The van der Waals surface area contributed by atoms with E-state index in [-0.39, 0.29) is 5.78 Å². The van der Waals surface area contributed by atoms with Gasteiger partial charge in [0.15, 0.2) is 11.9 Å². The highest BCUT2D eigenvalue weighted by Crippen LogP contribution is 2.16. The summed E-state index contributed by atoms with van der Waals surface area (Å²) in [5, 5.41) is 8.80. The van der Waals surface area contributed by atoms with Crippen LogP contribution in [0.5, 0.6) is 5.75 Å². The Hall–Kier alpha value is -2.95. The highest BCUT2D eigenvalue weighted by Gasteiger charge is 2.11. The largest absolute Gasteiger partial charge is 0.479 e. The van der Waals surface area contributed by atoms with Crippen molar-refractivity contribution in [2.24, 2.45) is 4.99 Å². The average molecular weight is 311 g/mol. The fourth-order valence-electron chi connectivity index (χ4n) is 1.84. The summed E-state index contributed by atoms with van der Waals surface area (Å²) in [7, 11) is 0. The van der Waals surface area contributed by atoms with Crippen molar-refractivity contribution >= 4 is 23.7 Å². The van der Waals surface area contributed by atoms with Crippen LogP contribution in [0.2, 0.25) is 0 Å². The Balaban J connectivity index is 2.07. The molecular weight excluding hydrogens is 294 g/mol. The lowest BCUT2D eigenvalue weighted by Gasteiger charge is -2.09. The van der Waals surface area contributed by atoms with E-state index in [2.05, 4.69) is 4.99 Å². The number of rotatable bonds is 6. The molecule has 0 radical (unpaired) electrons. The number of hydrogen-bond acceptors (Lipinski definition) is 4. The van der Waals surface area contributed by atoms with Crippen molar-refractivity contribution in [1.29, 1.82) is 0 Å². The number of Topliss-reactive ketones (excluding diaryl/α,β-unsaturated/α-hetero) is 1. The molecule has 0 saturated carbocycles. The Morgan fingerprint density at radius 1 is 1.17 bits per heavy atom. The molecule has 0 amide bonds. The summed E-state index contributed by atoms with van der Waals surface area (Å²) < 4.78 is 5.25. The maximum atomic E-state index is 11.3. The molecule has 0 aliphatic heterocycles. The van der Waals surface area contributed by atoms with E-state index in [9.17, 15) is 9.59 Å². The van der Waals surface area contributed by atoms with Crippen LogP contribution >= 0.6 is 0 Å². The Morgan fingerprint density at radius 3 is 2.48 bits per heavy atom. The van der Waals surface area contributed by atoms with Crippen LogP contribution in [0, 0.1) is 0 Å². The van der Waals surface area contributed by atoms with E-state index >= 15 is 0 Å². The van der Waals surface area contributed by atoms with Gasteiger partial charge in [0.2, 0.25) is 0 Å². The third-order valence-corrected chi connectivity index (χ3v) is 3.16. The molecule has 0 bridgehead atoms.